The third-order valence-corrected chi connectivity index (χ3v) is 4.12. The van der Waals surface area contributed by atoms with Crippen LogP contribution in [0, 0.1) is 0 Å². The number of nitrogens with one attached hydrogen (secondary N) is 1. The maximum atomic E-state index is 12.3. The zero-order chi connectivity index (χ0) is 20.0. The quantitative estimate of drug-likeness (QED) is 0.539. The normalized spacial score (nSPS) is 17.7. The second kappa shape index (κ2) is 9.06. The molecule has 0 aromatic heterocycles. The molecule has 2 heterocycles. The molecule has 0 spiro atoms. The van der Waals surface area contributed by atoms with E-state index in [1.807, 2.05) is 6.92 Å². The smallest absolute Gasteiger partial charge is 0.343 e. The number of hydrogen-bond acceptors (Lipinski definition) is 7. The van der Waals surface area contributed by atoms with E-state index < -0.39 is 41.5 Å². The second-order valence-corrected chi connectivity index (χ2v) is 6.17. The molecule has 1 N–H and O–H groups in total. The summed E-state index contributed by atoms with van der Waals surface area (Å²) >= 11 is 0. The fourth-order valence-corrected chi connectivity index (χ4v) is 2.60. The van der Waals surface area contributed by atoms with E-state index in [1.165, 1.54) is 0 Å². The van der Waals surface area contributed by atoms with Crippen LogP contribution in [0.4, 0.5) is 0 Å². The fraction of sp³-hybridized carbons (Fsp3) is 0.529. The van der Waals surface area contributed by atoms with Crippen molar-refractivity contribution in [2.24, 2.45) is 0 Å². The van der Waals surface area contributed by atoms with Crippen molar-refractivity contribution in [3.05, 3.63) is 12.2 Å². The van der Waals surface area contributed by atoms with Gasteiger partial charge in [0.25, 0.3) is 23.6 Å². The van der Waals surface area contributed by atoms with Crippen molar-refractivity contribution in [1.82, 2.24) is 15.3 Å². The number of carbonyl (C=O) groups excluding carboxylic acids is 6. The van der Waals surface area contributed by atoms with Crippen LogP contribution in [0.3, 0.4) is 0 Å². The molecule has 0 saturated carbocycles. The first kappa shape index (κ1) is 20.3. The van der Waals surface area contributed by atoms with Crippen molar-refractivity contribution < 1.29 is 33.6 Å². The molecule has 1 unspecified atom stereocenters. The van der Waals surface area contributed by atoms with Gasteiger partial charge in [0, 0.05) is 38.0 Å². The second-order valence-electron chi connectivity index (χ2n) is 6.17. The lowest BCUT2D eigenvalue weighted by Gasteiger charge is -2.20. The summed E-state index contributed by atoms with van der Waals surface area (Å²) in [5.74, 6) is -3.67. The molecule has 0 aliphatic carbocycles. The van der Waals surface area contributed by atoms with Crippen molar-refractivity contribution in [3.63, 3.8) is 0 Å². The van der Waals surface area contributed by atoms with E-state index in [0.29, 0.717) is 11.5 Å². The standard InChI is InChI=1S/C17H21N3O7/c1-2-3-4-11(17(26)27-20-15(24)7-8-16(20)25)18-12(21)9-10-19-13(22)5-6-14(19)23/h5-6,11H,2-4,7-10H2,1H3,(H,18,21). The highest BCUT2D eigenvalue weighted by Gasteiger charge is 2.35. The Morgan fingerprint density at radius 2 is 1.70 bits per heavy atom. The number of hydrogen-bond donors (Lipinski definition) is 1. The predicted molar refractivity (Wildman–Crippen MR) is 89.1 cm³/mol. The molecule has 10 heteroatoms. The molecule has 2 aliphatic heterocycles. The van der Waals surface area contributed by atoms with E-state index in [9.17, 15) is 28.8 Å². The van der Waals surface area contributed by atoms with Crippen LogP contribution in [0.15, 0.2) is 12.2 Å². The number of amides is 5. The van der Waals surface area contributed by atoms with Crippen molar-refractivity contribution in [1.29, 1.82) is 0 Å². The highest BCUT2D eigenvalue weighted by molar-refractivity contribution is 6.13. The van der Waals surface area contributed by atoms with Gasteiger partial charge in [0.1, 0.15) is 6.04 Å². The summed E-state index contributed by atoms with van der Waals surface area (Å²) in [7, 11) is 0. The van der Waals surface area contributed by atoms with Crippen LogP contribution >= 0.6 is 0 Å². The number of carbonyl (C=O) groups is 6. The molecule has 10 nitrogen and oxygen atoms in total. The molecule has 0 aromatic rings. The minimum Gasteiger partial charge on any atom is -0.343 e. The Hall–Kier alpha value is -3.04. The van der Waals surface area contributed by atoms with Gasteiger partial charge >= 0.3 is 5.97 Å². The van der Waals surface area contributed by atoms with Crippen LogP contribution in [-0.2, 0) is 33.6 Å². The zero-order valence-corrected chi connectivity index (χ0v) is 14.9. The topological polar surface area (TPSA) is 130 Å². The van der Waals surface area contributed by atoms with E-state index in [4.69, 9.17) is 4.84 Å². The van der Waals surface area contributed by atoms with Gasteiger partial charge in [0.05, 0.1) is 0 Å². The number of imide groups is 2. The van der Waals surface area contributed by atoms with E-state index in [1.54, 1.807) is 0 Å². The first-order chi connectivity index (χ1) is 12.8. The van der Waals surface area contributed by atoms with Crippen molar-refractivity contribution in [2.75, 3.05) is 6.54 Å². The Balaban J connectivity index is 1.90. The SMILES string of the molecule is CCCCC(NC(=O)CCN1C(=O)C=CC1=O)C(=O)ON1C(=O)CCC1=O. The minimum absolute atomic E-state index is 0.0238. The maximum absolute atomic E-state index is 12.3. The Labute approximate surface area is 155 Å². The molecule has 146 valence electrons. The van der Waals surface area contributed by atoms with Crippen LogP contribution in [0.1, 0.15) is 45.4 Å². The van der Waals surface area contributed by atoms with E-state index in [0.717, 1.165) is 23.5 Å². The Morgan fingerprint density at radius 3 is 2.26 bits per heavy atom. The fourth-order valence-electron chi connectivity index (χ4n) is 2.60. The lowest BCUT2D eigenvalue weighted by atomic mass is 10.1. The van der Waals surface area contributed by atoms with Gasteiger partial charge < -0.3 is 10.2 Å². The zero-order valence-electron chi connectivity index (χ0n) is 14.9. The van der Waals surface area contributed by atoms with Crippen molar-refractivity contribution in [2.45, 2.75) is 51.5 Å². The highest BCUT2D eigenvalue weighted by atomic mass is 16.7. The number of nitrogens with zero attached hydrogens (tertiary/aromatic N) is 2. The lowest BCUT2D eigenvalue weighted by Crippen LogP contribution is -2.46. The van der Waals surface area contributed by atoms with Crippen LogP contribution in [0.5, 0.6) is 0 Å². The third kappa shape index (κ3) is 5.22. The molecule has 27 heavy (non-hydrogen) atoms. The largest absolute Gasteiger partial charge is 0.355 e. The molecule has 5 amide bonds. The van der Waals surface area contributed by atoms with Gasteiger partial charge in [-0.05, 0) is 6.42 Å². The van der Waals surface area contributed by atoms with Gasteiger partial charge in [-0.15, -0.1) is 5.06 Å². The molecule has 0 radical (unpaired) electrons. The number of unbranched alkanes of at least 4 members (excludes halogenated alkanes) is 1. The van der Waals surface area contributed by atoms with Gasteiger partial charge in [-0.2, -0.15) is 0 Å². The van der Waals surface area contributed by atoms with E-state index >= 15 is 0 Å². The molecule has 0 bridgehead atoms. The summed E-state index contributed by atoms with van der Waals surface area (Å²) in [5.41, 5.74) is 0. The molecular formula is C17H21N3O7. The summed E-state index contributed by atoms with van der Waals surface area (Å²) in [5, 5.41) is 2.91. The molecule has 1 fully saturated rings. The summed E-state index contributed by atoms with van der Waals surface area (Å²) < 4.78 is 0. The first-order valence-corrected chi connectivity index (χ1v) is 8.74. The Bertz CT molecular complexity index is 667. The Kier molecular flexibility index (Phi) is 6.80. The summed E-state index contributed by atoms with van der Waals surface area (Å²) in [6.45, 7) is 1.78. The monoisotopic (exact) mass is 379 g/mol. The summed E-state index contributed by atoms with van der Waals surface area (Å²) in [4.78, 5) is 76.2. The van der Waals surface area contributed by atoms with Gasteiger partial charge in [-0.25, -0.2) is 4.79 Å². The number of rotatable bonds is 9. The summed E-state index contributed by atoms with van der Waals surface area (Å²) in [6, 6.07) is -1.04. The van der Waals surface area contributed by atoms with Crippen molar-refractivity contribution in [3.8, 4) is 0 Å². The maximum Gasteiger partial charge on any atom is 0.355 e. The van der Waals surface area contributed by atoms with Gasteiger partial charge in [0.15, 0.2) is 0 Å². The average Bonchev–Trinajstić information content (AvgIpc) is 3.12. The average molecular weight is 379 g/mol. The third-order valence-electron chi connectivity index (χ3n) is 4.12. The molecule has 0 aromatic carbocycles. The van der Waals surface area contributed by atoms with Gasteiger partial charge in [-0.1, -0.05) is 19.8 Å². The van der Waals surface area contributed by atoms with Crippen LogP contribution in [0.2, 0.25) is 0 Å². The summed E-state index contributed by atoms with van der Waals surface area (Å²) in [6.07, 6.45) is 3.63. The highest BCUT2D eigenvalue weighted by Crippen LogP contribution is 2.14. The molecule has 1 saturated heterocycles. The van der Waals surface area contributed by atoms with Crippen molar-refractivity contribution >= 4 is 35.5 Å². The predicted octanol–water partition coefficient (Wildman–Crippen LogP) is -0.416. The van der Waals surface area contributed by atoms with E-state index in [-0.39, 0.29) is 32.2 Å². The first-order valence-electron chi connectivity index (χ1n) is 8.74. The van der Waals surface area contributed by atoms with Crippen LogP contribution in [0.25, 0.3) is 0 Å². The minimum atomic E-state index is -1.04. The Morgan fingerprint density at radius 1 is 1.11 bits per heavy atom. The van der Waals surface area contributed by atoms with Gasteiger partial charge in [-0.3, -0.25) is 28.9 Å². The molecule has 2 aliphatic rings. The van der Waals surface area contributed by atoms with Crippen LogP contribution < -0.4 is 5.32 Å². The van der Waals surface area contributed by atoms with Gasteiger partial charge in [0.2, 0.25) is 5.91 Å². The number of hydroxylamine groups is 2. The molecular weight excluding hydrogens is 358 g/mol. The lowest BCUT2D eigenvalue weighted by molar-refractivity contribution is -0.199. The molecule has 2 rings (SSSR count). The molecule has 1 atom stereocenters. The van der Waals surface area contributed by atoms with Crippen LogP contribution in [-0.4, -0.2) is 58.1 Å². The van der Waals surface area contributed by atoms with E-state index in [2.05, 4.69) is 5.32 Å².